The van der Waals surface area contributed by atoms with E-state index in [4.69, 9.17) is 0 Å². The minimum absolute atomic E-state index is 0.643. The van der Waals surface area contributed by atoms with E-state index in [0.717, 1.165) is 0 Å². The molecule has 0 aromatic heterocycles. The number of rotatable bonds is 0. The maximum Gasteiger partial charge on any atom is 0.0195 e. The van der Waals surface area contributed by atoms with Crippen molar-refractivity contribution in [2.75, 3.05) is 5.75 Å². The predicted octanol–water partition coefficient (Wildman–Crippen LogP) is 4.66. The summed E-state index contributed by atoms with van der Waals surface area (Å²) in [6, 6.07) is 11.7. The molecule has 0 amide bonds. The van der Waals surface area contributed by atoms with Gasteiger partial charge in [0.25, 0.3) is 0 Å². The van der Waals surface area contributed by atoms with E-state index >= 15 is 0 Å². The quantitative estimate of drug-likeness (QED) is 0.657. The number of thioether (sulfide) groups is 1. The SMILES string of the molecule is Cc1ccc2c(c1)-c1cc(C)cc3c1C2CSC3. The molecule has 2 aromatic rings. The molecule has 0 spiro atoms. The molecule has 0 fully saturated rings. The molecule has 0 nitrogen and oxygen atoms in total. The minimum Gasteiger partial charge on any atom is -0.156 e. The number of hydrogen-bond acceptors (Lipinski definition) is 1. The lowest BCUT2D eigenvalue weighted by atomic mass is 9.93. The third kappa shape index (κ3) is 1.34. The Hall–Kier alpha value is -1.21. The Morgan fingerprint density at radius 3 is 2.72 bits per heavy atom. The van der Waals surface area contributed by atoms with E-state index in [1.54, 1.807) is 16.7 Å². The van der Waals surface area contributed by atoms with Gasteiger partial charge in [0.1, 0.15) is 0 Å². The molecule has 0 bridgehead atoms. The molecule has 2 aromatic carbocycles. The Bertz CT molecular complexity index is 655. The van der Waals surface area contributed by atoms with Crippen LogP contribution in [0.3, 0.4) is 0 Å². The van der Waals surface area contributed by atoms with Crippen LogP contribution in [0.1, 0.15) is 33.7 Å². The fourth-order valence-corrected chi connectivity index (χ4v) is 4.61. The number of aryl methyl sites for hydroxylation is 2. The van der Waals surface area contributed by atoms with Crippen LogP contribution >= 0.6 is 11.8 Å². The van der Waals surface area contributed by atoms with E-state index in [2.05, 4.69) is 55.9 Å². The molecule has 1 unspecified atom stereocenters. The first-order valence-corrected chi connectivity index (χ1v) is 7.71. The van der Waals surface area contributed by atoms with Crippen molar-refractivity contribution in [1.82, 2.24) is 0 Å². The molecule has 0 saturated carbocycles. The van der Waals surface area contributed by atoms with Crippen LogP contribution in [-0.2, 0) is 5.75 Å². The van der Waals surface area contributed by atoms with Gasteiger partial charge < -0.3 is 0 Å². The summed E-state index contributed by atoms with van der Waals surface area (Å²) in [6.07, 6.45) is 0. The summed E-state index contributed by atoms with van der Waals surface area (Å²) in [4.78, 5) is 0. The van der Waals surface area contributed by atoms with E-state index in [1.165, 1.54) is 33.8 Å². The molecule has 90 valence electrons. The van der Waals surface area contributed by atoms with Crippen molar-refractivity contribution in [2.45, 2.75) is 25.5 Å². The first kappa shape index (κ1) is 10.7. The van der Waals surface area contributed by atoms with Gasteiger partial charge in [0.05, 0.1) is 0 Å². The van der Waals surface area contributed by atoms with Gasteiger partial charge in [-0.25, -0.2) is 0 Å². The molecule has 0 N–H and O–H groups in total. The van der Waals surface area contributed by atoms with Gasteiger partial charge in [-0.3, -0.25) is 0 Å². The van der Waals surface area contributed by atoms with Crippen LogP contribution in [0.25, 0.3) is 11.1 Å². The highest BCUT2D eigenvalue weighted by molar-refractivity contribution is 7.98. The topological polar surface area (TPSA) is 0 Å². The second kappa shape index (κ2) is 3.64. The van der Waals surface area contributed by atoms with E-state index in [0.29, 0.717) is 5.92 Å². The average Bonchev–Trinajstić information content (AvgIpc) is 2.65. The maximum atomic E-state index is 2.39. The molecule has 18 heavy (non-hydrogen) atoms. The summed E-state index contributed by atoms with van der Waals surface area (Å²) in [7, 11) is 0. The van der Waals surface area contributed by atoms with E-state index in [-0.39, 0.29) is 0 Å². The van der Waals surface area contributed by atoms with Crippen molar-refractivity contribution in [1.29, 1.82) is 0 Å². The molecular formula is C17H16S. The Kier molecular flexibility index (Phi) is 2.16. The van der Waals surface area contributed by atoms with E-state index < -0.39 is 0 Å². The number of hydrogen-bond donors (Lipinski definition) is 0. The molecule has 1 aliphatic heterocycles. The van der Waals surface area contributed by atoms with Gasteiger partial charge in [-0.2, -0.15) is 11.8 Å². The van der Waals surface area contributed by atoms with Crippen LogP contribution < -0.4 is 0 Å². The fourth-order valence-electron chi connectivity index (χ4n) is 3.45. The molecule has 1 heteroatoms. The van der Waals surface area contributed by atoms with Gasteiger partial charge >= 0.3 is 0 Å². The highest BCUT2D eigenvalue weighted by atomic mass is 32.2. The lowest BCUT2D eigenvalue weighted by Gasteiger charge is -2.22. The van der Waals surface area contributed by atoms with E-state index in [1.807, 2.05) is 0 Å². The Balaban J connectivity index is 2.09. The smallest absolute Gasteiger partial charge is 0.0195 e. The summed E-state index contributed by atoms with van der Waals surface area (Å²) in [5.41, 5.74) is 10.5. The lowest BCUT2D eigenvalue weighted by molar-refractivity contribution is 0.936. The van der Waals surface area contributed by atoms with Gasteiger partial charge in [0.15, 0.2) is 0 Å². The highest BCUT2D eigenvalue weighted by Crippen LogP contribution is 2.51. The van der Waals surface area contributed by atoms with Crippen molar-refractivity contribution in [3.05, 3.63) is 58.1 Å². The van der Waals surface area contributed by atoms with Gasteiger partial charge in [-0.1, -0.05) is 41.5 Å². The fraction of sp³-hybridized carbons (Fsp3) is 0.294. The van der Waals surface area contributed by atoms with Crippen LogP contribution in [0, 0.1) is 13.8 Å². The van der Waals surface area contributed by atoms with E-state index in [9.17, 15) is 0 Å². The molecule has 0 radical (unpaired) electrons. The summed E-state index contributed by atoms with van der Waals surface area (Å²) in [5, 5.41) is 0. The Morgan fingerprint density at radius 2 is 1.83 bits per heavy atom. The highest BCUT2D eigenvalue weighted by Gasteiger charge is 2.33. The average molecular weight is 252 g/mol. The van der Waals surface area contributed by atoms with Crippen molar-refractivity contribution in [2.24, 2.45) is 0 Å². The molecule has 2 aliphatic rings. The first-order valence-electron chi connectivity index (χ1n) is 6.56. The van der Waals surface area contributed by atoms with Crippen LogP contribution in [-0.4, -0.2) is 5.75 Å². The van der Waals surface area contributed by atoms with Crippen molar-refractivity contribution in [3.8, 4) is 11.1 Å². The van der Waals surface area contributed by atoms with Crippen molar-refractivity contribution < 1.29 is 0 Å². The van der Waals surface area contributed by atoms with Crippen molar-refractivity contribution >= 4 is 11.8 Å². The Labute approximate surface area is 112 Å². The summed E-state index contributed by atoms with van der Waals surface area (Å²) in [5.74, 6) is 3.08. The van der Waals surface area contributed by atoms with Crippen LogP contribution in [0.2, 0.25) is 0 Å². The normalized spacial score (nSPS) is 19.6. The molecule has 1 atom stereocenters. The summed E-state index contributed by atoms with van der Waals surface area (Å²) in [6.45, 7) is 4.41. The van der Waals surface area contributed by atoms with Gasteiger partial charge in [-0.05, 0) is 41.7 Å². The summed E-state index contributed by atoms with van der Waals surface area (Å²) >= 11 is 2.08. The van der Waals surface area contributed by atoms with Crippen LogP contribution in [0.15, 0.2) is 30.3 Å². The third-order valence-electron chi connectivity index (χ3n) is 4.17. The Morgan fingerprint density at radius 1 is 1.00 bits per heavy atom. The lowest BCUT2D eigenvalue weighted by Crippen LogP contribution is -2.08. The minimum atomic E-state index is 0.643. The number of benzene rings is 2. The van der Waals surface area contributed by atoms with Gasteiger partial charge in [0.2, 0.25) is 0 Å². The molecule has 0 saturated heterocycles. The predicted molar refractivity (Wildman–Crippen MR) is 79.4 cm³/mol. The molecule has 1 heterocycles. The zero-order chi connectivity index (χ0) is 12.3. The summed E-state index contributed by atoms with van der Waals surface area (Å²) < 4.78 is 0. The largest absolute Gasteiger partial charge is 0.156 e. The van der Waals surface area contributed by atoms with Crippen molar-refractivity contribution in [3.63, 3.8) is 0 Å². The second-order valence-corrected chi connectivity index (χ2v) is 6.57. The molecule has 1 aliphatic carbocycles. The van der Waals surface area contributed by atoms with Crippen LogP contribution in [0.4, 0.5) is 0 Å². The molecular weight excluding hydrogens is 236 g/mol. The zero-order valence-corrected chi connectivity index (χ0v) is 11.6. The maximum absolute atomic E-state index is 2.39. The molecule has 4 rings (SSSR count). The van der Waals surface area contributed by atoms with Gasteiger partial charge in [0, 0.05) is 17.4 Å². The van der Waals surface area contributed by atoms with Gasteiger partial charge in [-0.15, -0.1) is 0 Å². The first-order chi connectivity index (χ1) is 8.74. The second-order valence-electron chi connectivity index (χ2n) is 5.54. The third-order valence-corrected chi connectivity index (χ3v) is 5.26. The monoisotopic (exact) mass is 252 g/mol. The van der Waals surface area contributed by atoms with Crippen LogP contribution in [0.5, 0.6) is 0 Å². The zero-order valence-electron chi connectivity index (χ0n) is 10.8. The standard InChI is InChI=1S/C17H16S/c1-10-3-4-13-14(6-10)15-7-11(2)5-12-8-18-9-16(13)17(12)15/h3-7,16H,8-9H2,1-2H3. The number of fused-ring (bicyclic) bond motifs is 3.